The van der Waals surface area contributed by atoms with Crippen LogP contribution < -0.4 is 9.47 Å². The first-order chi connectivity index (χ1) is 12.1. The van der Waals surface area contributed by atoms with Gasteiger partial charge in [0.05, 0.1) is 18.7 Å². The molecule has 128 valence electrons. The quantitative estimate of drug-likeness (QED) is 0.597. The zero-order chi connectivity index (χ0) is 17.8. The summed E-state index contributed by atoms with van der Waals surface area (Å²) in [4.78, 5) is 16.3. The first kappa shape index (κ1) is 17.0. The molecule has 0 amide bonds. The Morgan fingerprint density at radius 3 is 2.68 bits per heavy atom. The summed E-state index contributed by atoms with van der Waals surface area (Å²) in [6, 6.07) is 12.6. The Hall–Kier alpha value is -2.79. The normalized spacial score (nSPS) is 15.1. The van der Waals surface area contributed by atoms with E-state index in [-0.39, 0.29) is 11.6 Å². The summed E-state index contributed by atoms with van der Waals surface area (Å²) in [6.07, 6.45) is 1.60. The van der Waals surface area contributed by atoms with Crippen LogP contribution in [0.15, 0.2) is 53.2 Å². The summed E-state index contributed by atoms with van der Waals surface area (Å²) in [5.41, 5.74) is 1.60. The molecule has 0 bridgehead atoms. The van der Waals surface area contributed by atoms with Gasteiger partial charge in [0.25, 0.3) is 0 Å². The van der Waals surface area contributed by atoms with E-state index in [1.165, 1.54) is 7.11 Å². The molecule has 5 nitrogen and oxygen atoms in total. The second kappa shape index (κ2) is 7.40. The van der Waals surface area contributed by atoms with Gasteiger partial charge in [0.15, 0.2) is 17.2 Å². The van der Waals surface area contributed by atoms with Crippen LogP contribution in [0.3, 0.4) is 0 Å². The molecule has 0 fully saturated rings. The molecule has 0 aromatic heterocycles. The first-order valence-electron chi connectivity index (χ1n) is 7.70. The van der Waals surface area contributed by atoms with Crippen molar-refractivity contribution >= 4 is 29.5 Å². The van der Waals surface area contributed by atoms with Crippen LogP contribution >= 0.6 is 11.6 Å². The molecule has 1 heterocycles. The number of hydrogen-bond donors (Lipinski definition) is 0. The van der Waals surface area contributed by atoms with E-state index in [0.29, 0.717) is 28.7 Å². The number of methoxy groups -OCH3 is 1. The highest BCUT2D eigenvalue weighted by molar-refractivity contribution is 6.32. The van der Waals surface area contributed by atoms with E-state index < -0.39 is 5.97 Å². The molecule has 2 aromatic carbocycles. The van der Waals surface area contributed by atoms with Gasteiger partial charge in [-0.15, -0.1) is 0 Å². The molecule has 0 radical (unpaired) electrons. The van der Waals surface area contributed by atoms with Crippen molar-refractivity contribution in [2.24, 2.45) is 4.99 Å². The maximum atomic E-state index is 12.1. The molecule has 0 aliphatic carbocycles. The molecular weight excluding hydrogens is 342 g/mol. The van der Waals surface area contributed by atoms with Crippen molar-refractivity contribution in [2.45, 2.75) is 6.92 Å². The van der Waals surface area contributed by atoms with Crippen LogP contribution in [0, 0.1) is 0 Å². The molecule has 0 N–H and O–H groups in total. The zero-order valence-electron chi connectivity index (χ0n) is 13.8. The van der Waals surface area contributed by atoms with Gasteiger partial charge in [-0.25, -0.2) is 9.79 Å². The summed E-state index contributed by atoms with van der Waals surface area (Å²) < 4.78 is 16.0. The monoisotopic (exact) mass is 357 g/mol. The molecular formula is C19H16ClNO4. The van der Waals surface area contributed by atoms with Crippen LogP contribution in [0.4, 0.5) is 0 Å². The molecule has 6 heteroatoms. The predicted molar refractivity (Wildman–Crippen MR) is 96.2 cm³/mol. The first-order valence-corrected chi connectivity index (χ1v) is 8.08. The smallest absolute Gasteiger partial charge is 0.363 e. The number of esters is 1. The fourth-order valence-electron chi connectivity index (χ4n) is 2.38. The number of nitrogens with zero attached hydrogens (tertiary/aromatic N) is 1. The topological polar surface area (TPSA) is 57.1 Å². The molecule has 1 aliphatic rings. The van der Waals surface area contributed by atoms with Crippen molar-refractivity contribution in [2.75, 3.05) is 13.7 Å². The number of benzene rings is 2. The molecule has 0 atom stereocenters. The van der Waals surface area contributed by atoms with Gasteiger partial charge >= 0.3 is 5.97 Å². The molecule has 0 unspecified atom stereocenters. The average molecular weight is 358 g/mol. The summed E-state index contributed by atoms with van der Waals surface area (Å²) in [5, 5.41) is 0.395. The second-order valence-electron chi connectivity index (χ2n) is 5.17. The Morgan fingerprint density at radius 2 is 2.00 bits per heavy atom. The Bertz CT molecular complexity index is 859. The number of rotatable bonds is 5. The number of aliphatic imine (C=N–C) groups is 1. The third kappa shape index (κ3) is 3.67. The number of hydrogen-bond acceptors (Lipinski definition) is 5. The van der Waals surface area contributed by atoms with Gasteiger partial charge in [0.1, 0.15) is 0 Å². The minimum atomic E-state index is -0.511. The van der Waals surface area contributed by atoms with Crippen molar-refractivity contribution in [3.05, 3.63) is 64.3 Å². The van der Waals surface area contributed by atoms with Crippen molar-refractivity contribution in [3.8, 4) is 11.5 Å². The number of cyclic esters (lactones) is 1. The molecule has 0 spiro atoms. The fraction of sp³-hybridized carbons (Fsp3) is 0.158. The van der Waals surface area contributed by atoms with Gasteiger partial charge in [0, 0.05) is 5.56 Å². The van der Waals surface area contributed by atoms with Crippen molar-refractivity contribution < 1.29 is 19.0 Å². The van der Waals surface area contributed by atoms with E-state index in [4.69, 9.17) is 25.8 Å². The van der Waals surface area contributed by atoms with Gasteiger partial charge < -0.3 is 14.2 Å². The third-order valence-electron chi connectivity index (χ3n) is 3.49. The van der Waals surface area contributed by atoms with Gasteiger partial charge in [-0.05, 0) is 42.8 Å². The summed E-state index contributed by atoms with van der Waals surface area (Å²) in [7, 11) is 1.53. The number of ether oxygens (including phenoxy) is 3. The van der Waals surface area contributed by atoms with E-state index in [2.05, 4.69) is 4.99 Å². The predicted octanol–water partition coefficient (Wildman–Crippen LogP) is 4.09. The maximum absolute atomic E-state index is 12.1. The van der Waals surface area contributed by atoms with Crippen LogP contribution in [0.2, 0.25) is 5.02 Å². The highest BCUT2D eigenvalue weighted by atomic mass is 35.5. The highest BCUT2D eigenvalue weighted by Gasteiger charge is 2.24. The molecule has 2 aromatic rings. The Morgan fingerprint density at radius 1 is 1.24 bits per heavy atom. The summed E-state index contributed by atoms with van der Waals surface area (Å²) in [5.74, 6) is 0.722. The standard InChI is InChI=1S/C19H16ClNO4/c1-3-24-17-14(20)9-12(11-16(17)23-2)10-15-19(22)25-18(21-15)13-7-5-4-6-8-13/h4-11H,3H2,1-2H3/b15-10+. The largest absolute Gasteiger partial charge is 0.493 e. The molecule has 0 saturated carbocycles. The van der Waals surface area contributed by atoms with E-state index in [1.54, 1.807) is 18.2 Å². The van der Waals surface area contributed by atoms with E-state index in [1.807, 2.05) is 37.3 Å². The molecule has 0 saturated heterocycles. The van der Waals surface area contributed by atoms with Crippen LogP contribution in [0.25, 0.3) is 6.08 Å². The lowest BCUT2D eigenvalue weighted by Crippen LogP contribution is -2.04. The summed E-state index contributed by atoms with van der Waals surface area (Å²) >= 11 is 6.25. The van der Waals surface area contributed by atoms with Crippen molar-refractivity contribution in [1.29, 1.82) is 0 Å². The average Bonchev–Trinajstić information content (AvgIpc) is 2.98. The highest BCUT2D eigenvalue weighted by Crippen LogP contribution is 2.37. The van der Waals surface area contributed by atoms with Gasteiger partial charge in [-0.1, -0.05) is 29.8 Å². The van der Waals surface area contributed by atoms with Gasteiger partial charge in [-0.3, -0.25) is 0 Å². The van der Waals surface area contributed by atoms with Crippen LogP contribution in [0.1, 0.15) is 18.1 Å². The van der Waals surface area contributed by atoms with E-state index >= 15 is 0 Å². The van der Waals surface area contributed by atoms with Crippen molar-refractivity contribution in [1.82, 2.24) is 0 Å². The lowest BCUT2D eigenvalue weighted by Gasteiger charge is -2.11. The fourth-order valence-corrected chi connectivity index (χ4v) is 2.65. The Kier molecular flexibility index (Phi) is 5.05. The third-order valence-corrected chi connectivity index (χ3v) is 3.77. The van der Waals surface area contributed by atoms with Crippen molar-refractivity contribution in [3.63, 3.8) is 0 Å². The lowest BCUT2D eigenvalue weighted by molar-refractivity contribution is -0.129. The van der Waals surface area contributed by atoms with Crippen LogP contribution in [0.5, 0.6) is 11.5 Å². The molecule has 3 rings (SSSR count). The minimum absolute atomic E-state index is 0.195. The molecule has 1 aliphatic heterocycles. The summed E-state index contributed by atoms with van der Waals surface area (Å²) in [6.45, 7) is 2.33. The van der Waals surface area contributed by atoms with Gasteiger partial charge in [-0.2, -0.15) is 0 Å². The number of halogens is 1. The van der Waals surface area contributed by atoms with Crippen LogP contribution in [-0.4, -0.2) is 25.6 Å². The lowest BCUT2D eigenvalue weighted by atomic mass is 10.1. The SMILES string of the molecule is CCOc1c(Cl)cc(/C=C2/N=C(c3ccccc3)OC2=O)cc1OC. The maximum Gasteiger partial charge on any atom is 0.363 e. The van der Waals surface area contributed by atoms with E-state index in [9.17, 15) is 4.79 Å². The Labute approximate surface area is 150 Å². The number of carbonyl (C=O) groups excluding carboxylic acids is 1. The molecule has 25 heavy (non-hydrogen) atoms. The Balaban J connectivity index is 1.96. The van der Waals surface area contributed by atoms with Gasteiger partial charge in [0.2, 0.25) is 5.90 Å². The van der Waals surface area contributed by atoms with E-state index in [0.717, 1.165) is 5.56 Å². The minimum Gasteiger partial charge on any atom is -0.493 e. The van der Waals surface area contributed by atoms with Crippen LogP contribution in [-0.2, 0) is 9.53 Å². The zero-order valence-corrected chi connectivity index (χ0v) is 14.5. The second-order valence-corrected chi connectivity index (χ2v) is 5.58. The number of carbonyl (C=O) groups is 1.